The fourth-order valence-electron chi connectivity index (χ4n) is 1.06. The first kappa shape index (κ1) is 14.0. The Morgan fingerprint density at radius 3 is 2.13 bits per heavy atom. The molecule has 15 heavy (non-hydrogen) atoms. The predicted molar refractivity (Wildman–Crippen MR) is 64.3 cm³/mol. The van der Waals surface area contributed by atoms with E-state index in [1.165, 1.54) is 5.56 Å². The highest BCUT2D eigenvalue weighted by atomic mass is 16.5. The van der Waals surface area contributed by atoms with E-state index in [9.17, 15) is 0 Å². The number of hydrogen-bond donors (Lipinski definition) is 0. The molecule has 0 saturated carbocycles. The molecule has 2 heteroatoms. The van der Waals surface area contributed by atoms with Crippen LogP contribution in [0.1, 0.15) is 32.8 Å². The molecule has 0 aliphatic heterocycles. The van der Waals surface area contributed by atoms with Crippen molar-refractivity contribution in [3.63, 3.8) is 0 Å². The standard InChI is InChI=1S/C11H16O2.C2H6/c1-3-8-13-9-10-4-6-11(12-2)7-5-10;1-2/h4-7H,3,8-9H2,1-2H3;1-2H3. The van der Waals surface area contributed by atoms with E-state index < -0.39 is 0 Å². The van der Waals surface area contributed by atoms with Crippen LogP contribution in [0.25, 0.3) is 0 Å². The van der Waals surface area contributed by atoms with E-state index in [1.54, 1.807) is 7.11 Å². The van der Waals surface area contributed by atoms with Gasteiger partial charge >= 0.3 is 0 Å². The quantitative estimate of drug-likeness (QED) is 0.691. The summed E-state index contributed by atoms with van der Waals surface area (Å²) in [6.07, 6.45) is 1.07. The molecule has 1 aromatic carbocycles. The van der Waals surface area contributed by atoms with Crippen LogP contribution in [0.5, 0.6) is 5.75 Å². The maximum absolute atomic E-state index is 5.40. The van der Waals surface area contributed by atoms with Gasteiger partial charge < -0.3 is 9.47 Å². The second kappa shape index (κ2) is 9.53. The third kappa shape index (κ3) is 6.13. The second-order valence-electron chi connectivity index (χ2n) is 2.90. The van der Waals surface area contributed by atoms with Gasteiger partial charge in [0.1, 0.15) is 5.75 Å². The fourth-order valence-corrected chi connectivity index (χ4v) is 1.06. The van der Waals surface area contributed by atoms with Crippen molar-refractivity contribution >= 4 is 0 Å². The first-order chi connectivity index (χ1) is 7.36. The van der Waals surface area contributed by atoms with Gasteiger partial charge in [-0.05, 0) is 24.1 Å². The van der Waals surface area contributed by atoms with Crippen molar-refractivity contribution in [1.29, 1.82) is 0 Å². The molecule has 2 nitrogen and oxygen atoms in total. The van der Waals surface area contributed by atoms with Crippen LogP contribution in [0.2, 0.25) is 0 Å². The Kier molecular flexibility index (Phi) is 8.88. The summed E-state index contributed by atoms with van der Waals surface area (Å²) < 4.78 is 10.5. The van der Waals surface area contributed by atoms with Gasteiger partial charge in [-0.25, -0.2) is 0 Å². The van der Waals surface area contributed by atoms with Gasteiger partial charge in [-0.1, -0.05) is 32.9 Å². The Bertz CT molecular complexity index is 229. The molecule has 0 fully saturated rings. The van der Waals surface area contributed by atoms with Crippen LogP contribution in [-0.2, 0) is 11.3 Å². The van der Waals surface area contributed by atoms with E-state index in [-0.39, 0.29) is 0 Å². The fraction of sp³-hybridized carbons (Fsp3) is 0.538. The minimum absolute atomic E-state index is 0.692. The Hall–Kier alpha value is -1.02. The number of ether oxygens (including phenoxy) is 2. The van der Waals surface area contributed by atoms with Crippen LogP contribution in [0.4, 0.5) is 0 Å². The zero-order chi connectivity index (χ0) is 11.5. The molecule has 0 aliphatic carbocycles. The lowest BCUT2D eigenvalue weighted by Crippen LogP contribution is -1.93. The lowest BCUT2D eigenvalue weighted by Gasteiger charge is -2.03. The molecular formula is C13H22O2. The zero-order valence-corrected chi connectivity index (χ0v) is 10.2. The Labute approximate surface area is 93.2 Å². The summed E-state index contributed by atoms with van der Waals surface area (Å²) in [6, 6.07) is 7.94. The van der Waals surface area contributed by atoms with Gasteiger partial charge in [-0.15, -0.1) is 0 Å². The summed E-state index contributed by atoms with van der Waals surface area (Å²) in [4.78, 5) is 0. The molecule has 1 aromatic rings. The average molecular weight is 210 g/mol. The van der Waals surface area contributed by atoms with Crippen molar-refractivity contribution in [1.82, 2.24) is 0 Å². The molecule has 0 spiro atoms. The molecule has 0 atom stereocenters. The minimum atomic E-state index is 0.692. The summed E-state index contributed by atoms with van der Waals surface area (Å²) >= 11 is 0. The highest BCUT2D eigenvalue weighted by Gasteiger charge is 1.93. The second-order valence-corrected chi connectivity index (χ2v) is 2.90. The van der Waals surface area contributed by atoms with Gasteiger partial charge in [-0.3, -0.25) is 0 Å². The third-order valence-corrected chi connectivity index (χ3v) is 1.78. The summed E-state index contributed by atoms with van der Waals surface area (Å²) in [6.45, 7) is 7.62. The SMILES string of the molecule is CC.CCCOCc1ccc(OC)cc1. The molecule has 0 aromatic heterocycles. The number of benzene rings is 1. The van der Waals surface area contributed by atoms with Crippen LogP contribution >= 0.6 is 0 Å². The van der Waals surface area contributed by atoms with Crippen molar-refractivity contribution in [3.05, 3.63) is 29.8 Å². The van der Waals surface area contributed by atoms with E-state index in [0.29, 0.717) is 6.61 Å². The molecule has 0 saturated heterocycles. The highest BCUT2D eigenvalue weighted by molar-refractivity contribution is 5.26. The lowest BCUT2D eigenvalue weighted by molar-refractivity contribution is 0.121. The summed E-state index contributed by atoms with van der Waals surface area (Å²) in [5.41, 5.74) is 1.19. The topological polar surface area (TPSA) is 18.5 Å². The molecule has 0 heterocycles. The predicted octanol–water partition coefficient (Wildman–Crippen LogP) is 3.65. The largest absolute Gasteiger partial charge is 0.497 e. The molecule has 0 N–H and O–H groups in total. The van der Waals surface area contributed by atoms with E-state index in [0.717, 1.165) is 18.8 Å². The molecular weight excluding hydrogens is 188 g/mol. The molecule has 1 rings (SSSR count). The van der Waals surface area contributed by atoms with Crippen molar-refractivity contribution in [2.75, 3.05) is 13.7 Å². The van der Waals surface area contributed by atoms with Crippen molar-refractivity contribution in [2.45, 2.75) is 33.8 Å². The summed E-state index contributed by atoms with van der Waals surface area (Å²) in [5.74, 6) is 0.888. The Balaban J connectivity index is 0.000000921. The normalized spacial score (nSPS) is 9.07. The molecule has 0 amide bonds. The van der Waals surface area contributed by atoms with Crippen molar-refractivity contribution in [2.24, 2.45) is 0 Å². The summed E-state index contributed by atoms with van der Waals surface area (Å²) in [7, 11) is 1.67. The molecule has 0 bridgehead atoms. The van der Waals surface area contributed by atoms with Crippen LogP contribution in [0.3, 0.4) is 0 Å². The van der Waals surface area contributed by atoms with Gasteiger partial charge in [-0.2, -0.15) is 0 Å². The van der Waals surface area contributed by atoms with E-state index in [1.807, 2.05) is 38.1 Å². The van der Waals surface area contributed by atoms with Crippen LogP contribution in [-0.4, -0.2) is 13.7 Å². The smallest absolute Gasteiger partial charge is 0.118 e. The van der Waals surface area contributed by atoms with E-state index in [4.69, 9.17) is 9.47 Å². The monoisotopic (exact) mass is 210 g/mol. The first-order valence-electron chi connectivity index (χ1n) is 5.57. The molecule has 0 aliphatic rings. The Morgan fingerprint density at radius 2 is 1.67 bits per heavy atom. The van der Waals surface area contributed by atoms with Gasteiger partial charge in [0.25, 0.3) is 0 Å². The average Bonchev–Trinajstić information content (AvgIpc) is 2.33. The minimum Gasteiger partial charge on any atom is -0.497 e. The van der Waals surface area contributed by atoms with Crippen LogP contribution in [0.15, 0.2) is 24.3 Å². The lowest BCUT2D eigenvalue weighted by atomic mass is 10.2. The van der Waals surface area contributed by atoms with E-state index >= 15 is 0 Å². The zero-order valence-electron chi connectivity index (χ0n) is 10.2. The summed E-state index contributed by atoms with van der Waals surface area (Å²) in [5, 5.41) is 0. The van der Waals surface area contributed by atoms with Gasteiger partial charge in [0.15, 0.2) is 0 Å². The number of hydrogen-bond acceptors (Lipinski definition) is 2. The maximum Gasteiger partial charge on any atom is 0.118 e. The van der Waals surface area contributed by atoms with Crippen molar-refractivity contribution in [3.8, 4) is 5.75 Å². The van der Waals surface area contributed by atoms with Gasteiger partial charge in [0, 0.05) is 6.61 Å². The molecule has 0 unspecified atom stereocenters. The van der Waals surface area contributed by atoms with E-state index in [2.05, 4.69) is 6.92 Å². The maximum atomic E-state index is 5.40. The first-order valence-corrected chi connectivity index (χ1v) is 5.57. The van der Waals surface area contributed by atoms with Crippen LogP contribution < -0.4 is 4.74 Å². The highest BCUT2D eigenvalue weighted by Crippen LogP contribution is 2.11. The number of rotatable bonds is 5. The van der Waals surface area contributed by atoms with Crippen molar-refractivity contribution < 1.29 is 9.47 Å². The molecule has 0 radical (unpaired) electrons. The van der Waals surface area contributed by atoms with Gasteiger partial charge in [0.2, 0.25) is 0 Å². The van der Waals surface area contributed by atoms with Gasteiger partial charge in [0.05, 0.1) is 13.7 Å². The number of methoxy groups -OCH3 is 1. The Morgan fingerprint density at radius 1 is 1.07 bits per heavy atom. The molecule has 86 valence electrons. The third-order valence-electron chi connectivity index (χ3n) is 1.78. The van der Waals surface area contributed by atoms with Crippen LogP contribution in [0, 0.1) is 0 Å².